The maximum Gasteiger partial charge on any atom is 0.199 e. The molecule has 0 saturated carbocycles. The number of benzene rings is 4. The van der Waals surface area contributed by atoms with Crippen LogP contribution in [0.25, 0.3) is 10.9 Å². The summed E-state index contributed by atoms with van der Waals surface area (Å²) in [5, 5.41) is 11.4. The number of aromatic hydroxyl groups is 1. The fourth-order valence-electron chi connectivity index (χ4n) is 4.32. The molecule has 0 amide bonds. The third kappa shape index (κ3) is 5.15. The van der Waals surface area contributed by atoms with Gasteiger partial charge in [0.05, 0.1) is 22.5 Å². The Morgan fingerprint density at radius 3 is 2.14 bits per heavy atom. The fraction of sp³-hybridized carbons (Fsp3) is 0.100. The van der Waals surface area contributed by atoms with Crippen molar-refractivity contribution < 1.29 is 9.50 Å². The monoisotopic (exact) mass is 463 g/mol. The summed E-state index contributed by atoms with van der Waals surface area (Å²) in [5.41, 5.74) is 5.80. The fourth-order valence-corrected chi connectivity index (χ4v) is 4.32. The van der Waals surface area contributed by atoms with Crippen LogP contribution in [-0.2, 0) is 13.1 Å². The van der Waals surface area contributed by atoms with E-state index in [0.29, 0.717) is 22.2 Å². The van der Waals surface area contributed by atoms with Crippen LogP contribution in [0.2, 0.25) is 0 Å². The van der Waals surface area contributed by atoms with Crippen molar-refractivity contribution in [3.63, 3.8) is 0 Å². The summed E-state index contributed by atoms with van der Waals surface area (Å²) in [5.74, 6) is -0.399. The Morgan fingerprint density at radius 1 is 0.829 bits per heavy atom. The number of halogens is 1. The van der Waals surface area contributed by atoms with Gasteiger partial charge in [-0.2, -0.15) is 0 Å². The molecule has 0 radical (unpaired) electrons. The minimum absolute atomic E-state index is 0.0349. The lowest BCUT2D eigenvalue weighted by Crippen LogP contribution is -2.17. The van der Waals surface area contributed by atoms with Crippen molar-refractivity contribution in [2.24, 2.45) is 4.99 Å². The largest absolute Gasteiger partial charge is 0.494 e. The Bertz CT molecular complexity index is 1460. The van der Waals surface area contributed by atoms with Gasteiger partial charge in [0.25, 0.3) is 0 Å². The number of hydrogen-bond donors (Lipinski definition) is 2. The molecule has 0 aliphatic carbocycles. The standard InChI is InChI=1S/C30H26FN3O/c1-34(19-21-8-4-2-5-9-21)20-22-12-15-25(16-13-22)32-29(23-10-6-3-7-11-23)28-26-17-14-24(31)18-27(26)33-30(28)35/h2-18,33,35H,19-20H2,1H3. The maximum absolute atomic E-state index is 13.8. The molecule has 0 atom stereocenters. The van der Waals surface area contributed by atoms with Gasteiger partial charge in [0.15, 0.2) is 5.88 Å². The number of nitrogens with one attached hydrogen (secondary N) is 1. The molecule has 0 unspecified atom stereocenters. The summed E-state index contributed by atoms with van der Waals surface area (Å²) in [7, 11) is 2.11. The second-order valence-corrected chi connectivity index (χ2v) is 8.69. The number of H-pyrrole nitrogens is 1. The highest BCUT2D eigenvalue weighted by molar-refractivity contribution is 6.21. The molecule has 0 saturated heterocycles. The van der Waals surface area contributed by atoms with E-state index >= 15 is 0 Å². The predicted octanol–water partition coefficient (Wildman–Crippen LogP) is 6.81. The van der Waals surface area contributed by atoms with E-state index in [-0.39, 0.29) is 11.7 Å². The van der Waals surface area contributed by atoms with Crippen molar-refractivity contribution in [3.05, 3.63) is 131 Å². The van der Waals surface area contributed by atoms with Crippen molar-refractivity contribution in [1.82, 2.24) is 9.88 Å². The van der Waals surface area contributed by atoms with Crippen LogP contribution in [0.4, 0.5) is 10.1 Å². The number of aromatic nitrogens is 1. The van der Waals surface area contributed by atoms with Crippen LogP contribution in [0.3, 0.4) is 0 Å². The molecule has 0 bridgehead atoms. The molecular weight excluding hydrogens is 437 g/mol. The lowest BCUT2D eigenvalue weighted by atomic mass is 10.0. The molecule has 1 aromatic heterocycles. The molecule has 4 nitrogen and oxygen atoms in total. The highest BCUT2D eigenvalue weighted by Gasteiger charge is 2.19. The average Bonchev–Trinajstić information content (AvgIpc) is 3.19. The first-order valence-electron chi connectivity index (χ1n) is 11.5. The van der Waals surface area contributed by atoms with Crippen LogP contribution >= 0.6 is 0 Å². The maximum atomic E-state index is 13.8. The van der Waals surface area contributed by atoms with Crippen LogP contribution in [-0.4, -0.2) is 27.7 Å². The Hall–Kier alpha value is -4.22. The van der Waals surface area contributed by atoms with Gasteiger partial charge in [0, 0.05) is 24.0 Å². The van der Waals surface area contributed by atoms with Gasteiger partial charge in [-0.25, -0.2) is 9.38 Å². The lowest BCUT2D eigenvalue weighted by Gasteiger charge is -2.17. The van der Waals surface area contributed by atoms with Crippen molar-refractivity contribution in [2.75, 3.05) is 7.05 Å². The van der Waals surface area contributed by atoms with Crippen LogP contribution in [0.5, 0.6) is 5.88 Å². The molecule has 5 aromatic rings. The molecule has 35 heavy (non-hydrogen) atoms. The number of aliphatic imine (C=N–C) groups is 1. The quantitative estimate of drug-likeness (QED) is 0.260. The first kappa shape index (κ1) is 22.6. The van der Waals surface area contributed by atoms with E-state index in [9.17, 15) is 9.50 Å². The van der Waals surface area contributed by atoms with Crippen LogP contribution in [0.1, 0.15) is 22.3 Å². The molecule has 5 heteroatoms. The molecule has 4 aromatic carbocycles. The van der Waals surface area contributed by atoms with Gasteiger partial charge in [-0.1, -0.05) is 72.8 Å². The Morgan fingerprint density at radius 2 is 1.46 bits per heavy atom. The van der Waals surface area contributed by atoms with Crippen molar-refractivity contribution >= 4 is 22.3 Å². The molecule has 1 heterocycles. The van der Waals surface area contributed by atoms with Crippen molar-refractivity contribution in [3.8, 4) is 5.88 Å². The third-order valence-electron chi connectivity index (χ3n) is 5.95. The van der Waals surface area contributed by atoms with Gasteiger partial charge in [-0.05, 0) is 48.5 Å². The normalized spacial score (nSPS) is 11.9. The summed E-state index contributed by atoms with van der Waals surface area (Å²) in [4.78, 5) is 10.1. The predicted molar refractivity (Wildman–Crippen MR) is 140 cm³/mol. The zero-order valence-electron chi connectivity index (χ0n) is 19.4. The number of hydrogen-bond acceptors (Lipinski definition) is 3. The van der Waals surface area contributed by atoms with Crippen molar-refractivity contribution in [1.29, 1.82) is 0 Å². The van der Waals surface area contributed by atoms with E-state index in [2.05, 4.69) is 53.3 Å². The molecule has 0 fully saturated rings. The van der Waals surface area contributed by atoms with Gasteiger partial charge in [0.1, 0.15) is 5.82 Å². The first-order valence-corrected chi connectivity index (χ1v) is 11.5. The highest BCUT2D eigenvalue weighted by atomic mass is 19.1. The molecule has 0 aliphatic heterocycles. The minimum Gasteiger partial charge on any atom is -0.494 e. The molecule has 5 rings (SSSR count). The van der Waals surface area contributed by atoms with Gasteiger partial charge in [0.2, 0.25) is 0 Å². The van der Waals surface area contributed by atoms with Crippen LogP contribution in [0.15, 0.2) is 108 Å². The van der Waals surface area contributed by atoms with Gasteiger partial charge < -0.3 is 10.1 Å². The molecular formula is C30H26FN3O. The Kier molecular flexibility index (Phi) is 6.42. The van der Waals surface area contributed by atoms with E-state index in [0.717, 1.165) is 24.3 Å². The molecule has 0 spiro atoms. The first-order chi connectivity index (χ1) is 17.1. The topological polar surface area (TPSA) is 51.6 Å². The number of aromatic amines is 1. The molecule has 2 N–H and O–H groups in total. The van der Waals surface area contributed by atoms with Gasteiger partial charge >= 0.3 is 0 Å². The van der Waals surface area contributed by atoms with Crippen LogP contribution in [0, 0.1) is 5.82 Å². The number of nitrogens with zero attached hydrogens (tertiary/aromatic N) is 2. The zero-order valence-corrected chi connectivity index (χ0v) is 19.4. The summed E-state index contributed by atoms with van der Waals surface area (Å²) in [6.45, 7) is 1.69. The zero-order chi connectivity index (χ0) is 24.2. The number of rotatable bonds is 7. The van der Waals surface area contributed by atoms with E-state index in [1.165, 1.54) is 23.3 Å². The second-order valence-electron chi connectivity index (χ2n) is 8.69. The number of fused-ring (bicyclic) bond motifs is 1. The third-order valence-corrected chi connectivity index (χ3v) is 5.95. The molecule has 0 aliphatic rings. The Balaban J connectivity index is 1.46. The summed E-state index contributed by atoms with van der Waals surface area (Å²) in [6.07, 6.45) is 0. The highest BCUT2D eigenvalue weighted by Crippen LogP contribution is 2.32. The summed E-state index contributed by atoms with van der Waals surface area (Å²) in [6, 6.07) is 32.7. The summed E-state index contributed by atoms with van der Waals surface area (Å²) >= 11 is 0. The van der Waals surface area contributed by atoms with Gasteiger partial charge in [-0.3, -0.25) is 4.90 Å². The molecule has 174 valence electrons. The van der Waals surface area contributed by atoms with E-state index in [1.807, 2.05) is 48.5 Å². The second kappa shape index (κ2) is 9.95. The van der Waals surface area contributed by atoms with E-state index in [4.69, 9.17) is 4.99 Å². The minimum atomic E-state index is -0.365. The smallest absolute Gasteiger partial charge is 0.199 e. The van der Waals surface area contributed by atoms with E-state index < -0.39 is 0 Å². The van der Waals surface area contributed by atoms with E-state index in [1.54, 1.807) is 6.07 Å². The average molecular weight is 464 g/mol. The Labute approximate surface area is 204 Å². The summed E-state index contributed by atoms with van der Waals surface area (Å²) < 4.78 is 13.8. The SMILES string of the molecule is CN(Cc1ccccc1)Cc1ccc(N=C(c2ccccc2)c2c(O)[nH]c3cc(F)ccc23)cc1. The van der Waals surface area contributed by atoms with Crippen molar-refractivity contribution in [2.45, 2.75) is 13.1 Å². The lowest BCUT2D eigenvalue weighted by molar-refractivity contribution is 0.319. The van der Waals surface area contributed by atoms with Gasteiger partial charge in [-0.15, -0.1) is 0 Å². The van der Waals surface area contributed by atoms with Crippen LogP contribution < -0.4 is 0 Å².